The van der Waals surface area contributed by atoms with Gasteiger partial charge in [-0.25, -0.2) is 0 Å². The third kappa shape index (κ3) is 4.86. The predicted octanol–water partition coefficient (Wildman–Crippen LogP) is 2.54. The lowest BCUT2D eigenvalue weighted by Crippen LogP contribution is -2.51. The predicted molar refractivity (Wildman–Crippen MR) is 111 cm³/mol. The first-order chi connectivity index (χ1) is 13.8. The zero-order chi connectivity index (χ0) is 21.1. The van der Waals surface area contributed by atoms with Crippen molar-refractivity contribution in [1.29, 1.82) is 0 Å². The first kappa shape index (κ1) is 21.5. The number of rotatable bonds is 6. The van der Waals surface area contributed by atoms with Gasteiger partial charge in [0.05, 0.1) is 11.1 Å². The maximum Gasteiger partial charge on any atom is 0.261 e. The van der Waals surface area contributed by atoms with E-state index in [1.807, 2.05) is 4.90 Å². The normalized spacial score (nSPS) is 16.6. The molecule has 0 atom stereocenters. The molecule has 1 aromatic rings. The monoisotopic (exact) mass is 463 g/mol. The Balaban J connectivity index is 1.48. The molecule has 0 saturated carbocycles. The van der Waals surface area contributed by atoms with Gasteiger partial charge < -0.3 is 9.80 Å². The van der Waals surface area contributed by atoms with Crippen molar-refractivity contribution in [2.24, 2.45) is 5.92 Å². The van der Waals surface area contributed by atoms with Gasteiger partial charge in [0.2, 0.25) is 11.8 Å². The molecule has 29 heavy (non-hydrogen) atoms. The molecule has 2 heterocycles. The number of hydrogen-bond donors (Lipinski definition) is 0. The van der Waals surface area contributed by atoms with Crippen molar-refractivity contribution in [2.45, 2.75) is 33.1 Å². The zero-order valence-electron chi connectivity index (χ0n) is 16.8. The molecule has 2 aliphatic rings. The highest BCUT2D eigenvalue weighted by molar-refractivity contribution is 9.10. The van der Waals surface area contributed by atoms with Gasteiger partial charge in [-0.05, 0) is 30.5 Å². The number of nitrogens with zero attached hydrogens (tertiary/aromatic N) is 3. The molecule has 0 bridgehead atoms. The number of amides is 4. The molecule has 7 nitrogen and oxygen atoms in total. The van der Waals surface area contributed by atoms with Gasteiger partial charge in [0.25, 0.3) is 11.8 Å². The van der Waals surface area contributed by atoms with Gasteiger partial charge in [0.1, 0.15) is 0 Å². The Morgan fingerprint density at radius 3 is 2.07 bits per heavy atom. The number of imide groups is 1. The summed E-state index contributed by atoms with van der Waals surface area (Å²) >= 11 is 3.31. The average Bonchev–Trinajstić information content (AvgIpc) is 2.94. The lowest BCUT2D eigenvalue weighted by Gasteiger charge is -2.35. The van der Waals surface area contributed by atoms with Crippen LogP contribution in [0.4, 0.5) is 0 Å². The van der Waals surface area contributed by atoms with E-state index in [1.165, 1.54) is 0 Å². The highest BCUT2D eigenvalue weighted by Crippen LogP contribution is 2.26. The topological polar surface area (TPSA) is 78.0 Å². The summed E-state index contributed by atoms with van der Waals surface area (Å²) in [5, 5.41) is 0. The fraction of sp³-hybridized carbons (Fsp3) is 0.524. The van der Waals surface area contributed by atoms with Crippen LogP contribution in [0.15, 0.2) is 22.7 Å². The van der Waals surface area contributed by atoms with E-state index in [-0.39, 0.29) is 36.6 Å². The number of benzene rings is 1. The first-order valence-electron chi connectivity index (χ1n) is 9.99. The smallest absolute Gasteiger partial charge is 0.261 e. The van der Waals surface area contributed by atoms with E-state index in [2.05, 4.69) is 29.8 Å². The molecule has 0 unspecified atom stereocenters. The highest BCUT2D eigenvalue weighted by Gasteiger charge is 2.36. The molecule has 0 N–H and O–H groups in total. The zero-order valence-corrected chi connectivity index (χ0v) is 18.4. The highest BCUT2D eigenvalue weighted by atomic mass is 79.9. The fourth-order valence-corrected chi connectivity index (χ4v) is 3.97. The lowest BCUT2D eigenvalue weighted by molar-refractivity contribution is -0.139. The van der Waals surface area contributed by atoms with Crippen molar-refractivity contribution in [2.75, 3.05) is 32.7 Å². The SMILES string of the molecule is CC(C)CCC(=O)N1CCN(C(=O)CCN2C(=O)c3ccc(Br)cc3C2=O)CC1. The van der Waals surface area contributed by atoms with Crippen LogP contribution < -0.4 is 0 Å². The van der Waals surface area contributed by atoms with E-state index < -0.39 is 0 Å². The number of piperazine rings is 1. The Labute approximate surface area is 179 Å². The van der Waals surface area contributed by atoms with Crippen molar-refractivity contribution in [3.8, 4) is 0 Å². The summed E-state index contributed by atoms with van der Waals surface area (Å²) in [5.41, 5.74) is 0.740. The van der Waals surface area contributed by atoms with Crippen LogP contribution in [0.25, 0.3) is 0 Å². The summed E-state index contributed by atoms with van der Waals surface area (Å²) in [6.07, 6.45) is 1.50. The second-order valence-electron chi connectivity index (χ2n) is 7.90. The Morgan fingerprint density at radius 1 is 0.931 bits per heavy atom. The number of carbonyl (C=O) groups is 4. The van der Waals surface area contributed by atoms with Gasteiger partial charge in [0.15, 0.2) is 0 Å². The maximum atomic E-state index is 12.6. The van der Waals surface area contributed by atoms with Crippen LogP contribution in [-0.2, 0) is 9.59 Å². The number of carbonyl (C=O) groups excluding carboxylic acids is 4. The quantitative estimate of drug-likeness (QED) is 0.607. The third-order valence-electron chi connectivity index (χ3n) is 5.40. The van der Waals surface area contributed by atoms with Crippen LogP contribution in [-0.4, -0.2) is 71.1 Å². The van der Waals surface area contributed by atoms with E-state index in [9.17, 15) is 19.2 Å². The van der Waals surface area contributed by atoms with E-state index in [0.29, 0.717) is 49.6 Å². The van der Waals surface area contributed by atoms with E-state index in [0.717, 1.165) is 15.8 Å². The number of hydrogen-bond acceptors (Lipinski definition) is 4. The Morgan fingerprint density at radius 2 is 1.48 bits per heavy atom. The van der Waals surface area contributed by atoms with Gasteiger partial charge in [-0.15, -0.1) is 0 Å². The molecule has 0 aromatic heterocycles. The molecule has 156 valence electrons. The summed E-state index contributed by atoms with van der Waals surface area (Å²) in [6.45, 7) is 6.29. The lowest BCUT2D eigenvalue weighted by atomic mass is 10.1. The van der Waals surface area contributed by atoms with Crippen molar-refractivity contribution in [1.82, 2.24) is 14.7 Å². The molecule has 1 aromatic carbocycles. The molecule has 1 saturated heterocycles. The first-order valence-corrected chi connectivity index (χ1v) is 10.8. The Bertz CT molecular complexity index is 831. The fourth-order valence-electron chi connectivity index (χ4n) is 3.61. The summed E-state index contributed by atoms with van der Waals surface area (Å²) in [7, 11) is 0. The summed E-state index contributed by atoms with van der Waals surface area (Å²) in [5.74, 6) is -0.185. The van der Waals surface area contributed by atoms with Crippen molar-refractivity contribution in [3.05, 3.63) is 33.8 Å². The molecular weight excluding hydrogens is 438 g/mol. The maximum absolute atomic E-state index is 12.6. The summed E-state index contributed by atoms with van der Waals surface area (Å²) < 4.78 is 0.733. The Kier molecular flexibility index (Phi) is 6.72. The van der Waals surface area contributed by atoms with Crippen LogP contribution >= 0.6 is 15.9 Å². The number of fused-ring (bicyclic) bond motifs is 1. The van der Waals surface area contributed by atoms with E-state index >= 15 is 0 Å². The molecule has 1 fully saturated rings. The molecule has 3 rings (SSSR count). The van der Waals surface area contributed by atoms with Gasteiger partial charge in [-0.3, -0.25) is 24.1 Å². The van der Waals surface area contributed by atoms with Crippen molar-refractivity contribution in [3.63, 3.8) is 0 Å². The van der Waals surface area contributed by atoms with Crippen molar-refractivity contribution < 1.29 is 19.2 Å². The molecule has 8 heteroatoms. The van der Waals surface area contributed by atoms with Crippen LogP contribution in [0, 0.1) is 5.92 Å². The van der Waals surface area contributed by atoms with Gasteiger partial charge in [-0.1, -0.05) is 29.8 Å². The molecule has 2 aliphatic heterocycles. The minimum Gasteiger partial charge on any atom is -0.339 e. The van der Waals surface area contributed by atoms with Crippen LogP contribution in [0.2, 0.25) is 0 Å². The largest absolute Gasteiger partial charge is 0.339 e. The van der Waals surface area contributed by atoms with Gasteiger partial charge in [0, 0.05) is 50.0 Å². The van der Waals surface area contributed by atoms with E-state index in [4.69, 9.17) is 0 Å². The second kappa shape index (κ2) is 9.07. The minimum atomic E-state index is -0.361. The van der Waals surface area contributed by atoms with Gasteiger partial charge in [-0.2, -0.15) is 0 Å². The molecular formula is C21H26BrN3O4. The van der Waals surface area contributed by atoms with E-state index in [1.54, 1.807) is 23.1 Å². The minimum absolute atomic E-state index is 0.0658. The standard InChI is InChI=1S/C21H26BrN3O4/c1-14(2)3-6-18(26)23-9-11-24(12-10-23)19(27)7-8-25-20(28)16-5-4-15(22)13-17(16)21(25)29/h4-5,13-14H,3,6-12H2,1-2H3. The molecule has 0 radical (unpaired) electrons. The number of halogens is 1. The van der Waals surface area contributed by atoms with Gasteiger partial charge >= 0.3 is 0 Å². The van der Waals surface area contributed by atoms with Crippen LogP contribution in [0.1, 0.15) is 53.8 Å². The third-order valence-corrected chi connectivity index (χ3v) is 5.90. The van der Waals surface area contributed by atoms with Crippen molar-refractivity contribution >= 4 is 39.6 Å². The molecule has 4 amide bonds. The van der Waals surface area contributed by atoms with Crippen LogP contribution in [0.5, 0.6) is 0 Å². The summed E-state index contributed by atoms with van der Waals surface area (Å²) in [6, 6.07) is 4.98. The second-order valence-corrected chi connectivity index (χ2v) is 8.81. The van der Waals surface area contributed by atoms with Crippen LogP contribution in [0.3, 0.4) is 0 Å². The summed E-state index contributed by atoms with van der Waals surface area (Å²) in [4.78, 5) is 54.4. The Hall–Kier alpha value is -2.22. The average molecular weight is 464 g/mol. The molecule has 0 spiro atoms. The molecule has 0 aliphatic carbocycles.